The molecule has 2 rings (SSSR count). The Balaban J connectivity index is 2.34. The summed E-state index contributed by atoms with van der Waals surface area (Å²) >= 11 is 0. The van der Waals surface area contributed by atoms with Crippen LogP contribution in [0.2, 0.25) is 0 Å². The van der Waals surface area contributed by atoms with E-state index in [1.165, 1.54) is 10.7 Å². The van der Waals surface area contributed by atoms with Gasteiger partial charge in [0, 0.05) is 26.2 Å². The maximum Gasteiger partial charge on any atom is 0.144 e. The van der Waals surface area contributed by atoms with E-state index in [0.717, 1.165) is 18.8 Å². The number of fused-ring (bicyclic) bond motifs is 1. The summed E-state index contributed by atoms with van der Waals surface area (Å²) in [5.74, 6) is 0.0725. The van der Waals surface area contributed by atoms with Crippen molar-refractivity contribution < 1.29 is 5.11 Å². The Bertz CT molecular complexity index is 626. The molecule has 0 atom stereocenters. The molecule has 19 heavy (non-hydrogen) atoms. The van der Waals surface area contributed by atoms with Crippen molar-refractivity contribution in [3.8, 4) is 11.8 Å². The molecule has 0 amide bonds. The minimum atomic E-state index is 0.0725. The first-order valence-electron chi connectivity index (χ1n) is 5.99. The van der Waals surface area contributed by atoms with E-state index in [0.29, 0.717) is 11.1 Å². The molecule has 0 aromatic carbocycles. The molecule has 100 valence electrons. The zero-order valence-corrected chi connectivity index (χ0v) is 11.3. The number of aromatic hydroxyl groups is 1. The fourth-order valence-corrected chi connectivity index (χ4v) is 1.86. The van der Waals surface area contributed by atoms with Crippen LogP contribution in [-0.2, 0) is 0 Å². The second-order valence-electron chi connectivity index (χ2n) is 4.77. The number of aromatic nitrogens is 2. The average Bonchev–Trinajstić information content (AvgIpc) is 2.79. The fourth-order valence-electron chi connectivity index (χ4n) is 1.86. The lowest BCUT2D eigenvalue weighted by Crippen LogP contribution is -2.28. The molecule has 0 aliphatic carbocycles. The largest absolute Gasteiger partial charge is 0.506 e. The van der Waals surface area contributed by atoms with Crippen LogP contribution in [0.3, 0.4) is 0 Å². The number of anilines is 1. The van der Waals surface area contributed by atoms with Gasteiger partial charge in [-0.25, -0.2) is 4.52 Å². The van der Waals surface area contributed by atoms with Crippen molar-refractivity contribution in [1.82, 2.24) is 14.5 Å². The third-order valence-electron chi connectivity index (χ3n) is 3.02. The zero-order chi connectivity index (χ0) is 14.0. The number of nitrogens with zero attached hydrogens (tertiary/aromatic N) is 5. The van der Waals surface area contributed by atoms with Crippen molar-refractivity contribution in [2.45, 2.75) is 0 Å². The van der Waals surface area contributed by atoms with Gasteiger partial charge >= 0.3 is 0 Å². The van der Waals surface area contributed by atoms with Gasteiger partial charge in [0.05, 0.1) is 18.1 Å². The number of hydrogen-bond donors (Lipinski definition) is 1. The predicted molar refractivity (Wildman–Crippen MR) is 73.4 cm³/mol. The highest BCUT2D eigenvalue weighted by atomic mass is 16.3. The Morgan fingerprint density at radius 2 is 2.11 bits per heavy atom. The van der Waals surface area contributed by atoms with Gasteiger partial charge in [0.15, 0.2) is 0 Å². The van der Waals surface area contributed by atoms with Crippen LogP contribution in [0.5, 0.6) is 5.75 Å². The second-order valence-corrected chi connectivity index (χ2v) is 4.77. The first-order valence-corrected chi connectivity index (χ1v) is 5.99. The average molecular weight is 259 g/mol. The monoisotopic (exact) mass is 259 g/mol. The summed E-state index contributed by atoms with van der Waals surface area (Å²) in [5, 5.41) is 23.1. The van der Waals surface area contributed by atoms with Crippen molar-refractivity contribution in [3.05, 3.63) is 24.0 Å². The summed E-state index contributed by atoms with van der Waals surface area (Å²) < 4.78 is 1.54. The minimum absolute atomic E-state index is 0.0725. The van der Waals surface area contributed by atoms with E-state index in [-0.39, 0.29) is 5.75 Å². The van der Waals surface area contributed by atoms with Crippen LogP contribution in [0.4, 0.5) is 5.69 Å². The van der Waals surface area contributed by atoms with E-state index in [1.807, 2.05) is 38.3 Å². The summed E-state index contributed by atoms with van der Waals surface area (Å²) in [7, 11) is 5.99. The van der Waals surface area contributed by atoms with Crippen LogP contribution in [0, 0.1) is 11.3 Å². The van der Waals surface area contributed by atoms with E-state index in [2.05, 4.69) is 10.00 Å². The standard InChI is InChI=1S/C13H17N5O/c1-16(2)4-5-17(3)11-6-12(19)13-10(7-14)8-15-18(13)9-11/h6,8-9,19H,4-5H2,1-3H3. The van der Waals surface area contributed by atoms with Crippen LogP contribution in [-0.4, -0.2) is 53.9 Å². The topological polar surface area (TPSA) is 67.8 Å². The van der Waals surface area contributed by atoms with Crippen LogP contribution < -0.4 is 4.90 Å². The molecule has 0 aliphatic rings. The van der Waals surface area contributed by atoms with Crippen molar-refractivity contribution >= 4 is 11.2 Å². The minimum Gasteiger partial charge on any atom is -0.506 e. The summed E-state index contributed by atoms with van der Waals surface area (Å²) in [5.41, 5.74) is 1.69. The molecule has 0 aliphatic heterocycles. The molecule has 1 N–H and O–H groups in total. The molecule has 2 heterocycles. The van der Waals surface area contributed by atoms with Gasteiger partial charge in [0.1, 0.15) is 22.9 Å². The summed E-state index contributed by atoms with van der Waals surface area (Å²) in [6.07, 6.45) is 3.27. The molecular weight excluding hydrogens is 242 g/mol. The van der Waals surface area contributed by atoms with Crippen molar-refractivity contribution in [2.24, 2.45) is 0 Å². The first kappa shape index (κ1) is 13.2. The SMILES string of the molecule is CN(C)CCN(C)c1cc(O)c2c(C#N)cnn2c1. The Labute approximate surface area is 112 Å². The van der Waals surface area contributed by atoms with Gasteiger partial charge in [0.25, 0.3) is 0 Å². The second kappa shape index (κ2) is 5.16. The van der Waals surface area contributed by atoms with Gasteiger partial charge in [-0.1, -0.05) is 0 Å². The highest BCUT2D eigenvalue weighted by molar-refractivity contribution is 5.71. The molecule has 0 spiro atoms. The van der Waals surface area contributed by atoms with Gasteiger partial charge in [-0.2, -0.15) is 10.4 Å². The number of pyridine rings is 1. The summed E-state index contributed by atoms with van der Waals surface area (Å²) in [4.78, 5) is 4.13. The van der Waals surface area contributed by atoms with E-state index in [4.69, 9.17) is 5.26 Å². The quantitative estimate of drug-likeness (QED) is 0.884. The molecule has 0 bridgehead atoms. The van der Waals surface area contributed by atoms with E-state index < -0.39 is 0 Å². The maximum absolute atomic E-state index is 10.0. The smallest absolute Gasteiger partial charge is 0.144 e. The summed E-state index contributed by atoms with van der Waals surface area (Å²) in [6.45, 7) is 1.75. The third kappa shape index (κ3) is 2.61. The molecule has 0 fully saturated rings. The lowest BCUT2D eigenvalue weighted by molar-refractivity contribution is 0.416. The van der Waals surface area contributed by atoms with Gasteiger partial charge in [-0.15, -0.1) is 0 Å². The fraction of sp³-hybridized carbons (Fsp3) is 0.385. The maximum atomic E-state index is 10.0. The van der Waals surface area contributed by atoms with Gasteiger partial charge in [0.2, 0.25) is 0 Å². The zero-order valence-electron chi connectivity index (χ0n) is 11.3. The van der Waals surface area contributed by atoms with Gasteiger partial charge in [-0.3, -0.25) is 0 Å². The first-order chi connectivity index (χ1) is 9.02. The number of hydrogen-bond acceptors (Lipinski definition) is 5. The van der Waals surface area contributed by atoms with Crippen molar-refractivity contribution in [3.63, 3.8) is 0 Å². The molecule has 2 aromatic heterocycles. The molecule has 0 saturated carbocycles. The van der Waals surface area contributed by atoms with E-state index in [9.17, 15) is 5.11 Å². The molecule has 0 radical (unpaired) electrons. The van der Waals surface area contributed by atoms with E-state index in [1.54, 1.807) is 6.07 Å². The highest BCUT2D eigenvalue weighted by Gasteiger charge is 2.12. The number of rotatable bonds is 4. The molecule has 2 aromatic rings. The normalized spacial score (nSPS) is 10.9. The molecule has 0 unspecified atom stereocenters. The highest BCUT2D eigenvalue weighted by Crippen LogP contribution is 2.26. The predicted octanol–water partition coefficient (Wildman–Crippen LogP) is 0.909. The Morgan fingerprint density at radius 3 is 2.74 bits per heavy atom. The molecule has 6 nitrogen and oxygen atoms in total. The molecular formula is C13H17N5O. The molecule has 6 heteroatoms. The lowest BCUT2D eigenvalue weighted by Gasteiger charge is -2.21. The van der Waals surface area contributed by atoms with Gasteiger partial charge in [-0.05, 0) is 14.1 Å². The van der Waals surface area contributed by atoms with E-state index >= 15 is 0 Å². The van der Waals surface area contributed by atoms with Crippen molar-refractivity contribution in [2.75, 3.05) is 39.1 Å². The lowest BCUT2D eigenvalue weighted by atomic mass is 10.2. The van der Waals surface area contributed by atoms with Crippen LogP contribution in [0.15, 0.2) is 18.5 Å². The van der Waals surface area contributed by atoms with Gasteiger partial charge < -0.3 is 14.9 Å². The summed E-state index contributed by atoms with van der Waals surface area (Å²) in [6, 6.07) is 3.68. The Kier molecular flexibility index (Phi) is 3.58. The number of nitriles is 1. The van der Waals surface area contributed by atoms with Crippen LogP contribution in [0.1, 0.15) is 5.56 Å². The third-order valence-corrected chi connectivity index (χ3v) is 3.02. The van der Waals surface area contributed by atoms with Crippen LogP contribution in [0.25, 0.3) is 5.52 Å². The Hall–Kier alpha value is -2.26. The van der Waals surface area contributed by atoms with Crippen molar-refractivity contribution in [1.29, 1.82) is 5.26 Å². The molecule has 0 saturated heterocycles. The number of likely N-dealkylation sites (N-methyl/N-ethyl adjacent to an activating group) is 2. The van der Waals surface area contributed by atoms with Crippen LogP contribution >= 0.6 is 0 Å². The Morgan fingerprint density at radius 1 is 1.37 bits per heavy atom.